The van der Waals surface area contributed by atoms with E-state index in [9.17, 15) is 0 Å². The smallest absolute Gasteiger partial charge is 0.193 e. The third kappa shape index (κ3) is 1.84. The van der Waals surface area contributed by atoms with E-state index >= 15 is 0 Å². The summed E-state index contributed by atoms with van der Waals surface area (Å²) in [7, 11) is 0. The van der Waals surface area contributed by atoms with Crippen molar-refractivity contribution in [2.45, 2.75) is 6.54 Å². The molecule has 12 heavy (non-hydrogen) atoms. The molecule has 1 aliphatic heterocycles. The Morgan fingerprint density at radius 3 is 2.92 bits per heavy atom. The minimum Gasteiger partial charge on any atom is -0.314 e. The van der Waals surface area contributed by atoms with Crippen LogP contribution in [0.15, 0.2) is 12.3 Å². The molecule has 1 aliphatic rings. The van der Waals surface area contributed by atoms with E-state index in [1.165, 1.54) is 5.69 Å². The van der Waals surface area contributed by atoms with E-state index in [1.54, 1.807) is 0 Å². The van der Waals surface area contributed by atoms with E-state index in [0.29, 0.717) is 0 Å². The minimum atomic E-state index is 1.03. The van der Waals surface area contributed by atoms with Gasteiger partial charge in [0.05, 0.1) is 5.69 Å². The van der Waals surface area contributed by atoms with Gasteiger partial charge in [-0.05, 0) is 0 Å². The van der Waals surface area contributed by atoms with Gasteiger partial charge in [0.2, 0.25) is 0 Å². The third-order valence-electron chi connectivity index (χ3n) is 2.20. The first kappa shape index (κ1) is 7.76. The highest BCUT2D eigenvalue weighted by Crippen LogP contribution is 1.99. The zero-order valence-electron chi connectivity index (χ0n) is 7.14. The van der Waals surface area contributed by atoms with Crippen molar-refractivity contribution < 1.29 is 5.10 Å². The molecule has 4 nitrogen and oxygen atoms in total. The van der Waals surface area contributed by atoms with Crippen molar-refractivity contribution in [2.24, 2.45) is 0 Å². The number of hydrogen-bond donors (Lipinski definition) is 2. The molecule has 0 unspecified atom stereocenters. The van der Waals surface area contributed by atoms with Gasteiger partial charge in [0.1, 0.15) is 0 Å². The second-order valence-corrected chi connectivity index (χ2v) is 3.15. The highest BCUT2D eigenvalue weighted by molar-refractivity contribution is 4.94. The molecule has 2 rings (SSSR count). The molecule has 0 atom stereocenters. The fraction of sp³-hybridized carbons (Fsp3) is 0.625. The Morgan fingerprint density at radius 2 is 2.25 bits per heavy atom. The Balaban J connectivity index is 1.86. The lowest BCUT2D eigenvalue weighted by Gasteiger charge is -2.25. The van der Waals surface area contributed by atoms with Gasteiger partial charge in [0.25, 0.3) is 0 Å². The highest BCUT2D eigenvalue weighted by Gasteiger charge is 2.10. The Hall–Kier alpha value is -0.870. The Kier molecular flexibility index (Phi) is 2.39. The average molecular weight is 167 g/mol. The molecule has 0 bridgehead atoms. The van der Waals surface area contributed by atoms with Crippen molar-refractivity contribution in [3.63, 3.8) is 0 Å². The summed E-state index contributed by atoms with van der Waals surface area (Å²) in [6.07, 6.45) is 1.93. The van der Waals surface area contributed by atoms with Gasteiger partial charge >= 0.3 is 0 Å². The molecule has 0 aliphatic carbocycles. The second-order valence-electron chi connectivity index (χ2n) is 3.15. The molecular weight excluding hydrogens is 152 g/mol. The number of aromatic amines is 2. The Bertz CT molecular complexity index is 213. The van der Waals surface area contributed by atoms with Crippen molar-refractivity contribution in [3.8, 4) is 0 Å². The zero-order valence-corrected chi connectivity index (χ0v) is 7.14. The summed E-state index contributed by atoms with van der Waals surface area (Å²) in [5, 5.41) is 9.38. The van der Waals surface area contributed by atoms with E-state index in [0.717, 1.165) is 32.7 Å². The first-order chi connectivity index (χ1) is 5.95. The minimum absolute atomic E-state index is 1.03. The van der Waals surface area contributed by atoms with Gasteiger partial charge < -0.3 is 5.32 Å². The van der Waals surface area contributed by atoms with Crippen molar-refractivity contribution in [3.05, 3.63) is 18.0 Å². The molecule has 1 aromatic heterocycles. The van der Waals surface area contributed by atoms with Crippen LogP contribution in [0.4, 0.5) is 0 Å². The van der Waals surface area contributed by atoms with Crippen LogP contribution >= 0.6 is 0 Å². The van der Waals surface area contributed by atoms with Crippen LogP contribution in [0.2, 0.25) is 0 Å². The first-order valence-corrected chi connectivity index (χ1v) is 4.42. The third-order valence-corrected chi connectivity index (χ3v) is 2.20. The largest absolute Gasteiger partial charge is 0.314 e. The molecular formula is C8H15N4+. The number of nitrogens with zero attached hydrogens (tertiary/aromatic N) is 1. The monoisotopic (exact) mass is 167 g/mol. The predicted molar refractivity (Wildman–Crippen MR) is 45.5 cm³/mol. The van der Waals surface area contributed by atoms with Gasteiger partial charge in [0.15, 0.2) is 6.20 Å². The molecule has 3 N–H and O–H groups in total. The van der Waals surface area contributed by atoms with Crippen LogP contribution < -0.4 is 10.4 Å². The molecule has 1 fully saturated rings. The van der Waals surface area contributed by atoms with Crippen molar-refractivity contribution in [1.29, 1.82) is 0 Å². The number of aromatic nitrogens is 2. The van der Waals surface area contributed by atoms with E-state index in [4.69, 9.17) is 0 Å². The zero-order chi connectivity index (χ0) is 8.23. The first-order valence-electron chi connectivity index (χ1n) is 4.42. The summed E-state index contributed by atoms with van der Waals surface area (Å²) in [4.78, 5) is 2.44. The normalized spacial score (nSPS) is 19.7. The van der Waals surface area contributed by atoms with Crippen LogP contribution in [0, 0.1) is 0 Å². The van der Waals surface area contributed by atoms with Gasteiger partial charge in [-0.3, -0.25) is 4.90 Å². The van der Waals surface area contributed by atoms with Gasteiger partial charge in [0, 0.05) is 38.8 Å². The van der Waals surface area contributed by atoms with Crippen LogP contribution in [0.3, 0.4) is 0 Å². The maximum atomic E-state index is 3.33. The van der Waals surface area contributed by atoms with Crippen molar-refractivity contribution >= 4 is 0 Å². The summed E-state index contributed by atoms with van der Waals surface area (Å²) in [6, 6.07) is 2.09. The summed E-state index contributed by atoms with van der Waals surface area (Å²) >= 11 is 0. The van der Waals surface area contributed by atoms with Gasteiger partial charge in [-0.1, -0.05) is 0 Å². The van der Waals surface area contributed by atoms with Crippen LogP contribution in [0.5, 0.6) is 0 Å². The fourth-order valence-electron chi connectivity index (χ4n) is 1.52. The number of nitrogens with one attached hydrogen (secondary N) is 3. The molecule has 0 spiro atoms. The lowest BCUT2D eigenvalue weighted by atomic mass is 10.3. The lowest BCUT2D eigenvalue weighted by Crippen LogP contribution is -2.43. The van der Waals surface area contributed by atoms with Gasteiger partial charge in [-0.15, -0.1) is 5.10 Å². The van der Waals surface area contributed by atoms with E-state index in [2.05, 4.69) is 26.5 Å². The highest BCUT2D eigenvalue weighted by atomic mass is 15.2. The molecule has 0 radical (unpaired) electrons. The summed E-state index contributed by atoms with van der Waals surface area (Å²) in [6.45, 7) is 5.57. The maximum absolute atomic E-state index is 3.33. The summed E-state index contributed by atoms with van der Waals surface area (Å²) < 4.78 is 0. The number of piperazine rings is 1. The quantitative estimate of drug-likeness (QED) is 0.608. The Morgan fingerprint density at radius 1 is 1.42 bits per heavy atom. The van der Waals surface area contributed by atoms with Crippen molar-refractivity contribution in [2.75, 3.05) is 26.2 Å². The van der Waals surface area contributed by atoms with E-state index in [1.807, 2.05) is 6.20 Å². The molecule has 1 aromatic rings. The predicted octanol–water partition coefficient (Wildman–Crippen LogP) is -0.766. The molecule has 66 valence electrons. The summed E-state index contributed by atoms with van der Waals surface area (Å²) in [5.74, 6) is 0. The second kappa shape index (κ2) is 3.69. The standard InChI is InChI=1S/C8H14N4/c1-2-10-11-8(1)7-12-5-3-9-4-6-12/h1-2,9H,3-7H2,(H,10,11)/p+1. The molecule has 0 amide bonds. The number of hydrogen-bond acceptors (Lipinski definition) is 2. The average Bonchev–Trinajstić information content (AvgIpc) is 2.59. The van der Waals surface area contributed by atoms with Crippen LogP contribution in [-0.4, -0.2) is 36.2 Å². The topological polar surface area (TPSA) is 45.2 Å². The van der Waals surface area contributed by atoms with Gasteiger partial charge in [-0.25, -0.2) is 0 Å². The van der Waals surface area contributed by atoms with Crippen LogP contribution in [0.25, 0.3) is 0 Å². The molecule has 0 saturated carbocycles. The molecule has 1 saturated heterocycles. The van der Waals surface area contributed by atoms with E-state index < -0.39 is 0 Å². The van der Waals surface area contributed by atoms with E-state index in [-0.39, 0.29) is 0 Å². The number of rotatable bonds is 2. The number of H-pyrrole nitrogens is 2. The van der Waals surface area contributed by atoms with Crippen LogP contribution in [-0.2, 0) is 6.54 Å². The van der Waals surface area contributed by atoms with Crippen LogP contribution in [0.1, 0.15) is 5.69 Å². The maximum Gasteiger partial charge on any atom is 0.193 e. The SMILES string of the molecule is c1cc(CN2CCNCC2)[nH][nH+]1. The van der Waals surface area contributed by atoms with Crippen molar-refractivity contribution in [1.82, 2.24) is 15.3 Å². The molecule has 2 heterocycles. The summed E-state index contributed by atoms with van der Waals surface area (Å²) in [5.41, 5.74) is 1.26. The van der Waals surface area contributed by atoms with Gasteiger partial charge in [-0.2, -0.15) is 5.10 Å². The molecule has 0 aromatic carbocycles. The fourth-order valence-corrected chi connectivity index (χ4v) is 1.52. The lowest BCUT2D eigenvalue weighted by molar-refractivity contribution is -0.450. The Labute approximate surface area is 72.0 Å². The molecule has 4 heteroatoms.